The van der Waals surface area contributed by atoms with E-state index in [0.29, 0.717) is 24.4 Å². The number of nitrogens with zero attached hydrogens (tertiary/aromatic N) is 3. The smallest absolute Gasteiger partial charge is 0.328 e. The molecule has 0 saturated heterocycles. The molecule has 1 heterocycles. The number of anilines is 3. The maximum Gasteiger partial charge on any atom is 0.328 e. The highest BCUT2D eigenvalue weighted by atomic mass is 19.1. The van der Waals surface area contributed by atoms with Crippen LogP contribution >= 0.6 is 0 Å². The Bertz CT molecular complexity index is 1080. The molecule has 8 nitrogen and oxygen atoms in total. The number of hydrogen-bond acceptors (Lipinski definition) is 8. The summed E-state index contributed by atoms with van der Waals surface area (Å²) < 4.78 is 23.8. The lowest BCUT2D eigenvalue weighted by Crippen LogP contribution is -2.33. The van der Waals surface area contributed by atoms with Crippen LogP contribution in [0, 0.1) is 11.7 Å². The summed E-state index contributed by atoms with van der Waals surface area (Å²) in [4.78, 5) is 25.7. The molecule has 2 aromatic carbocycles. The molecule has 0 aliphatic carbocycles. The van der Waals surface area contributed by atoms with Crippen LogP contribution in [0.2, 0.25) is 0 Å². The third kappa shape index (κ3) is 7.13. The molecule has 1 aromatic heterocycles. The highest BCUT2D eigenvalue weighted by Crippen LogP contribution is 2.19. The largest absolute Gasteiger partial charge is 0.497 e. The fourth-order valence-electron chi connectivity index (χ4n) is 3.22. The van der Waals surface area contributed by atoms with Crippen LogP contribution < -0.4 is 15.4 Å². The highest BCUT2D eigenvalue weighted by Gasteiger charge is 2.22. The third-order valence-electron chi connectivity index (χ3n) is 4.78. The zero-order chi connectivity index (χ0) is 23.8. The molecule has 0 saturated carbocycles. The number of esters is 1. The van der Waals surface area contributed by atoms with Crippen molar-refractivity contribution in [1.29, 1.82) is 0 Å². The van der Waals surface area contributed by atoms with E-state index >= 15 is 0 Å². The van der Waals surface area contributed by atoms with Crippen molar-refractivity contribution in [2.24, 2.45) is 5.92 Å². The van der Waals surface area contributed by atoms with Crippen LogP contribution in [0.3, 0.4) is 0 Å². The molecular weight excluding hydrogens is 425 g/mol. The van der Waals surface area contributed by atoms with Crippen molar-refractivity contribution >= 4 is 23.6 Å². The molecule has 33 heavy (non-hydrogen) atoms. The van der Waals surface area contributed by atoms with E-state index in [1.807, 2.05) is 38.1 Å². The number of nitrogens with one attached hydrogen (secondary N) is 2. The predicted molar refractivity (Wildman–Crippen MR) is 124 cm³/mol. The molecule has 0 bridgehead atoms. The summed E-state index contributed by atoms with van der Waals surface area (Å²) in [6.45, 7) is 4.02. The van der Waals surface area contributed by atoms with Gasteiger partial charge in [-0.1, -0.05) is 32.0 Å². The quantitative estimate of drug-likeness (QED) is 0.437. The number of aromatic nitrogens is 3. The Morgan fingerprint density at radius 2 is 1.76 bits per heavy atom. The zero-order valence-corrected chi connectivity index (χ0v) is 19.1. The molecule has 1 atom stereocenters. The van der Waals surface area contributed by atoms with Gasteiger partial charge in [-0.3, -0.25) is 0 Å². The standard InChI is InChI=1S/C24H28FN5O3/c1-15(2)12-20(22(31)33-4)27-24-29-21(13-16-8-10-19(32-3)11-9-16)28-23(30-24)26-18-7-5-6-17(25)14-18/h5-11,14-15,20H,12-13H2,1-4H3,(H2,26,27,28,29,30). The summed E-state index contributed by atoms with van der Waals surface area (Å²) in [5.74, 6) is 1.14. The molecule has 0 amide bonds. The SMILES string of the molecule is COC(=O)C(CC(C)C)Nc1nc(Cc2ccc(OC)cc2)nc(Nc2cccc(F)c2)n1. The highest BCUT2D eigenvalue weighted by molar-refractivity contribution is 5.78. The second kappa shape index (κ2) is 11.2. The molecule has 2 N–H and O–H groups in total. The Labute approximate surface area is 192 Å². The van der Waals surface area contributed by atoms with E-state index in [-0.39, 0.29) is 23.6 Å². The average Bonchev–Trinajstić information content (AvgIpc) is 2.78. The van der Waals surface area contributed by atoms with Gasteiger partial charge in [0, 0.05) is 12.1 Å². The number of benzene rings is 2. The van der Waals surface area contributed by atoms with E-state index in [0.717, 1.165) is 11.3 Å². The van der Waals surface area contributed by atoms with Gasteiger partial charge in [0.25, 0.3) is 0 Å². The van der Waals surface area contributed by atoms with Crippen LogP contribution in [-0.2, 0) is 16.0 Å². The number of ether oxygens (including phenoxy) is 2. The van der Waals surface area contributed by atoms with Crippen molar-refractivity contribution in [3.8, 4) is 5.75 Å². The molecule has 3 aromatic rings. The molecule has 1 unspecified atom stereocenters. The Kier molecular flexibility index (Phi) is 8.12. The van der Waals surface area contributed by atoms with Gasteiger partial charge in [0.1, 0.15) is 23.4 Å². The number of halogens is 1. The molecule has 0 aliphatic rings. The number of hydrogen-bond donors (Lipinski definition) is 2. The minimum atomic E-state index is -0.617. The first-order chi connectivity index (χ1) is 15.9. The van der Waals surface area contributed by atoms with E-state index in [4.69, 9.17) is 9.47 Å². The maximum absolute atomic E-state index is 13.6. The van der Waals surface area contributed by atoms with Crippen molar-refractivity contribution in [3.63, 3.8) is 0 Å². The summed E-state index contributed by atoms with van der Waals surface area (Å²) in [5, 5.41) is 6.08. The first-order valence-electron chi connectivity index (χ1n) is 10.6. The van der Waals surface area contributed by atoms with Crippen molar-refractivity contribution in [1.82, 2.24) is 15.0 Å². The number of methoxy groups -OCH3 is 2. The van der Waals surface area contributed by atoms with Crippen LogP contribution in [0.5, 0.6) is 5.75 Å². The molecule has 0 radical (unpaired) electrons. The van der Waals surface area contributed by atoms with Crippen molar-refractivity contribution in [2.45, 2.75) is 32.7 Å². The fraction of sp³-hybridized carbons (Fsp3) is 0.333. The van der Waals surface area contributed by atoms with Crippen LogP contribution in [0.15, 0.2) is 48.5 Å². The van der Waals surface area contributed by atoms with E-state index in [9.17, 15) is 9.18 Å². The van der Waals surface area contributed by atoms with Gasteiger partial charge in [0.15, 0.2) is 0 Å². The van der Waals surface area contributed by atoms with Crippen molar-refractivity contribution in [3.05, 3.63) is 65.7 Å². The lowest BCUT2D eigenvalue weighted by atomic mass is 10.0. The summed E-state index contributed by atoms with van der Waals surface area (Å²) in [7, 11) is 2.95. The van der Waals surface area contributed by atoms with Gasteiger partial charge in [-0.25, -0.2) is 9.18 Å². The Morgan fingerprint density at radius 1 is 1.03 bits per heavy atom. The van der Waals surface area contributed by atoms with Crippen LogP contribution in [0.1, 0.15) is 31.7 Å². The van der Waals surface area contributed by atoms with Crippen LogP contribution in [0.4, 0.5) is 22.0 Å². The van der Waals surface area contributed by atoms with Crippen LogP contribution in [-0.4, -0.2) is 41.2 Å². The van der Waals surface area contributed by atoms with Gasteiger partial charge in [-0.15, -0.1) is 0 Å². The number of carbonyl (C=O) groups is 1. The number of carbonyl (C=O) groups excluding carboxylic acids is 1. The zero-order valence-electron chi connectivity index (χ0n) is 19.1. The summed E-state index contributed by atoms with van der Waals surface area (Å²) in [6, 6.07) is 12.9. The first-order valence-corrected chi connectivity index (χ1v) is 10.6. The minimum absolute atomic E-state index is 0.225. The molecule has 9 heteroatoms. The first kappa shape index (κ1) is 23.9. The topological polar surface area (TPSA) is 98.3 Å². The summed E-state index contributed by atoms with van der Waals surface area (Å²) >= 11 is 0. The normalized spacial score (nSPS) is 11.7. The van der Waals surface area contributed by atoms with Gasteiger partial charge in [0.05, 0.1) is 14.2 Å². The van der Waals surface area contributed by atoms with Gasteiger partial charge in [-0.05, 0) is 48.2 Å². The maximum atomic E-state index is 13.6. The fourth-order valence-corrected chi connectivity index (χ4v) is 3.22. The van der Waals surface area contributed by atoms with Gasteiger partial charge in [0.2, 0.25) is 11.9 Å². The molecule has 3 rings (SSSR count). The van der Waals surface area contributed by atoms with E-state index < -0.39 is 12.0 Å². The van der Waals surface area contributed by atoms with Crippen LogP contribution in [0.25, 0.3) is 0 Å². The molecule has 174 valence electrons. The molecule has 0 aliphatic heterocycles. The summed E-state index contributed by atoms with van der Waals surface area (Å²) in [5.41, 5.74) is 1.46. The van der Waals surface area contributed by atoms with Gasteiger partial charge >= 0.3 is 5.97 Å². The van der Waals surface area contributed by atoms with E-state index in [2.05, 4.69) is 25.6 Å². The third-order valence-corrected chi connectivity index (χ3v) is 4.78. The Balaban J connectivity index is 1.92. The predicted octanol–water partition coefficient (Wildman–Crippen LogP) is 4.35. The minimum Gasteiger partial charge on any atom is -0.497 e. The van der Waals surface area contributed by atoms with E-state index in [1.165, 1.54) is 19.2 Å². The second-order valence-electron chi connectivity index (χ2n) is 7.91. The van der Waals surface area contributed by atoms with Crippen molar-refractivity contribution in [2.75, 3.05) is 24.9 Å². The second-order valence-corrected chi connectivity index (χ2v) is 7.91. The molecule has 0 fully saturated rings. The van der Waals surface area contributed by atoms with E-state index in [1.54, 1.807) is 19.2 Å². The van der Waals surface area contributed by atoms with Gasteiger partial charge < -0.3 is 20.1 Å². The monoisotopic (exact) mass is 453 g/mol. The molecular formula is C24H28FN5O3. The Morgan fingerprint density at radius 3 is 2.39 bits per heavy atom. The van der Waals surface area contributed by atoms with Gasteiger partial charge in [-0.2, -0.15) is 15.0 Å². The average molecular weight is 454 g/mol. The van der Waals surface area contributed by atoms with Crippen molar-refractivity contribution < 1.29 is 18.7 Å². The molecule has 0 spiro atoms. The summed E-state index contributed by atoms with van der Waals surface area (Å²) in [6.07, 6.45) is 0.963. The Hall–Kier alpha value is -3.75. The lowest BCUT2D eigenvalue weighted by Gasteiger charge is -2.19. The number of rotatable bonds is 10. The lowest BCUT2D eigenvalue weighted by molar-refractivity contribution is -0.141.